The van der Waals surface area contributed by atoms with E-state index in [1.807, 2.05) is 48.1 Å². The van der Waals surface area contributed by atoms with E-state index in [2.05, 4.69) is 4.98 Å². The number of aromatic amines is 1. The van der Waals surface area contributed by atoms with Crippen molar-refractivity contribution in [3.8, 4) is 5.69 Å². The number of hydrogen-bond acceptors (Lipinski definition) is 3. The van der Waals surface area contributed by atoms with Crippen LogP contribution in [0.1, 0.15) is 42.9 Å². The van der Waals surface area contributed by atoms with Gasteiger partial charge in [-0.25, -0.2) is 9.36 Å². The highest BCUT2D eigenvalue weighted by Crippen LogP contribution is 2.37. The van der Waals surface area contributed by atoms with Crippen LogP contribution in [0.3, 0.4) is 0 Å². The van der Waals surface area contributed by atoms with Gasteiger partial charge in [-0.3, -0.25) is 9.78 Å². The number of fused-ring (bicyclic) bond motifs is 2. The van der Waals surface area contributed by atoms with E-state index in [-0.39, 0.29) is 11.2 Å². The fourth-order valence-electron chi connectivity index (χ4n) is 4.26. The fourth-order valence-corrected chi connectivity index (χ4v) is 5.47. The van der Waals surface area contributed by atoms with Gasteiger partial charge < -0.3 is 4.57 Å². The largest absolute Gasteiger partial charge is 0.351 e. The highest BCUT2D eigenvalue weighted by molar-refractivity contribution is 7.18. The zero-order chi connectivity index (χ0) is 18.5. The number of rotatable bonds is 2. The van der Waals surface area contributed by atoms with Gasteiger partial charge in [0.25, 0.3) is 5.56 Å². The van der Waals surface area contributed by atoms with Crippen molar-refractivity contribution >= 4 is 32.5 Å². The lowest BCUT2D eigenvalue weighted by atomic mass is 9.88. The average Bonchev–Trinajstić information content (AvgIpc) is 3.26. The molecule has 0 amide bonds. The molecule has 1 aliphatic rings. The summed E-state index contributed by atoms with van der Waals surface area (Å²) in [5, 5.41) is 1.63. The molecule has 0 radical (unpaired) electrons. The number of H-pyrrole nitrogens is 1. The highest BCUT2D eigenvalue weighted by atomic mass is 32.1. The molecule has 3 heterocycles. The lowest BCUT2D eigenvalue weighted by Crippen LogP contribution is -2.33. The molecule has 1 aliphatic carbocycles. The predicted octanol–water partition coefficient (Wildman–Crippen LogP) is 4.28. The minimum atomic E-state index is -0.375. The Hall–Kier alpha value is -2.60. The topological polar surface area (TPSA) is 59.8 Å². The third-order valence-electron chi connectivity index (χ3n) is 5.74. The van der Waals surface area contributed by atoms with Gasteiger partial charge in [-0.1, -0.05) is 19.3 Å². The van der Waals surface area contributed by atoms with Gasteiger partial charge in [-0.05, 0) is 49.1 Å². The summed E-state index contributed by atoms with van der Waals surface area (Å²) in [6.07, 6.45) is 8.12. The zero-order valence-electron chi connectivity index (χ0n) is 15.2. The molecule has 6 heteroatoms. The van der Waals surface area contributed by atoms with Crippen LogP contribution < -0.4 is 11.2 Å². The predicted molar refractivity (Wildman–Crippen MR) is 110 cm³/mol. The number of nitrogens with one attached hydrogen (secondary N) is 1. The summed E-state index contributed by atoms with van der Waals surface area (Å²) in [5.41, 5.74) is 1.06. The molecule has 5 rings (SSSR count). The molecule has 0 atom stereocenters. The molecule has 4 aromatic rings. The molecule has 1 saturated carbocycles. The third-order valence-corrected chi connectivity index (χ3v) is 6.96. The first-order valence-electron chi connectivity index (χ1n) is 9.46. The summed E-state index contributed by atoms with van der Waals surface area (Å²) < 4.78 is 3.27. The SMILES string of the molecule is Cn1ccc2cc(-n3c(=O)[nH]c4sc(C5CCCCC5)cc4c3=O)ccc21. The van der Waals surface area contributed by atoms with E-state index in [9.17, 15) is 9.59 Å². The number of aryl methyl sites for hydroxylation is 1. The summed E-state index contributed by atoms with van der Waals surface area (Å²) in [6, 6.07) is 9.67. The van der Waals surface area contributed by atoms with Crippen LogP contribution in [0.5, 0.6) is 0 Å². The standard InChI is InChI=1S/C21H21N3O2S/c1-23-10-9-14-11-15(7-8-17(14)23)24-20(25)16-12-18(13-5-3-2-4-6-13)27-19(16)22-21(24)26/h7-13H,2-6H2,1H3,(H,22,26). The average molecular weight is 379 g/mol. The quantitative estimate of drug-likeness (QED) is 0.565. The molecule has 0 unspecified atom stereocenters. The smallest absolute Gasteiger partial charge is 0.334 e. The summed E-state index contributed by atoms with van der Waals surface area (Å²) in [7, 11) is 1.98. The minimum Gasteiger partial charge on any atom is -0.351 e. The number of benzene rings is 1. The van der Waals surface area contributed by atoms with Crippen molar-refractivity contribution in [2.24, 2.45) is 7.05 Å². The lowest BCUT2D eigenvalue weighted by Gasteiger charge is -2.19. The monoisotopic (exact) mass is 379 g/mol. The molecule has 0 bridgehead atoms. The molecule has 1 fully saturated rings. The lowest BCUT2D eigenvalue weighted by molar-refractivity contribution is 0.448. The summed E-state index contributed by atoms with van der Waals surface area (Å²) >= 11 is 1.57. The van der Waals surface area contributed by atoms with E-state index in [1.165, 1.54) is 41.5 Å². The van der Waals surface area contributed by atoms with Gasteiger partial charge in [0.1, 0.15) is 4.83 Å². The Bertz CT molecular complexity index is 1270. The van der Waals surface area contributed by atoms with Gasteiger partial charge in [0.05, 0.1) is 11.1 Å². The van der Waals surface area contributed by atoms with Gasteiger partial charge in [-0.15, -0.1) is 11.3 Å². The third kappa shape index (κ3) is 2.67. The molecule has 0 spiro atoms. The summed E-state index contributed by atoms with van der Waals surface area (Å²) in [4.78, 5) is 30.7. The van der Waals surface area contributed by atoms with Crippen molar-refractivity contribution in [1.82, 2.24) is 14.1 Å². The van der Waals surface area contributed by atoms with Crippen LogP contribution in [0.25, 0.3) is 26.8 Å². The minimum absolute atomic E-state index is 0.234. The van der Waals surface area contributed by atoms with Crippen LogP contribution >= 0.6 is 11.3 Å². The Morgan fingerprint density at radius 1 is 1.07 bits per heavy atom. The molecular formula is C21H21N3O2S. The maximum absolute atomic E-state index is 13.1. The van der Waals surface area contributed by atoms with E-state index >= 15 is 0 Å². The number of hydrogen-bond donors (Lipinski definition) is 1. The first kappa shape index (κ1) is 16.6. The van der Waals surface area contributed by atoms with Gasteiger partial charge >= 0.3 is 5.69 Å². The van der Waals surface area contributed by atoms with Crippen molar-refractivity contribution in [3.63, 3.8) is 0 Å². The summed E-state index contributed by atoms with van der Waals surface area (Å²) in [6.45, 7) is 0. The Morgan fingerprint density at radius 2 is 1.89 bits per heavy atom. The maximum Gasteiger partial charge on any atom is 0.334 e. The second-order valence-electron chi connectivity index (χ2n) is 7.47. The van der Waals surface area contributed by atoms with Crippen molar-refractivity contribution < 1.29 is 0 Å². The molecule has 27 heavy (non-hydrogen) atoms. The summed E-state index contributed by atoms with van der Waals surface area (Å²) in [5.74, 6) is 0.521. The van der Waals surface area contributed by atoms with E-state index in [4.69, 9.17) is 0 Å². The van der Waals surface area contributed by atoms with E-state index in [1.54, 1.807) is 11.3 Å². The molecule has 3 aromatic heterocycles. The molecule has 5 nitrogen and oxygen atoms in total. The van der Waals surface area contributed by atoms with Gasteiger partial charge in [-0.2, -0.15) is 0 Å². The number of thiophene rings is 1. The Balaban J connectivity index is 1.67. The Morgan fingerprint density at radius 3 is 2.70 bits per heavy atom. The normalized spacial score (nSPS) is 15.7. The first-order valence-corrected chi connectivity index (χ1v) is 10.3. The number of nitrogens with zero attached hydrogens (tertiary/aromatic N) is 2. The van der Waals surface area contributed by atoms with Crippen LogP contribution in [0, 0.1) is 0 Å². The van der Waals surface area contributed by atoms with Crippen LogP contribution in [-0.2, 0) is 7.05 Å². The van der Waals surface area contributed by atoms with Crippen LogP contribution in [-0.4, -0.2) is 14.1 Å². The zero-order valence-corrected chi connectivity index (χ0v) is 16.0. The van der Waals surface area contributed by atoms with Crippen molar-refractivity contribution in [3.05, 3.63) is 62.2 Å². The highest BCUT2D eigenvalue weighted by Gasteiger charge is 2.20. The van der Waals surface area contributed by atoms with Crippen LogP contribution in [0.4, 0.5) is 0 Å². The Labute approximate surface area is 159 Å². The number of aromatic nitrogens is 3. The molecule has 138 valence electrons. The van der Waals surface area contributed by atoms with Crippen molar-refractivity contribution in [2.45, 2.75) is 38.0 Å². The maximum atomic E-state index is 13.1. The van der Waals surface area contributed by atoms with Gasteiger partial charge in [0.15, 0.2) is 0 Å². The van der Waals surface area contributed by atoms with Crippen LogP contribution in [0.2, 0.25) is 0 Å². The van der Waals surface area contributed by atoms with Crippen molar-refractivity contribution in [1.29, 1.82) is 0 Å². The molecule has 0 saturated heterocycles. The van der Waals surface area contributed by atoms with E-state index in [0.717, 1.165) is 10.9 Å². The molecule has 1 aromatic carbocycles. The second-order valence-corrected chi connectivity index (χ2v) is 8.55. The molecular weight excluding hydrogens is 358 g/mol. The fraction of sp³-hybridized carbons (Fsp3) is 0.333. The van der Waals surface area contributed by atoms with Gasteiger partial charge in [0, 0.05) is 29.0 Å². The second kappa shape index (κ2) is 6.23. The molecule has 0 aliphatic heterocycles. The Kier molecular flexibility index (Phi) is 3.82. The van der Waals surface area contributed by atoms with E-state index in [0.29, 0.717) is 21.8 Å². The van der Waals surface area contributed by atoms with Crippen LogP contribution in [0.15, 0.2) is 46.1 Å². The first-order chi connectivity index (χ1) is 13.1. The van der Waals surface area contributed by atoms with E-state index < -0.39 is 0 Å². The molecule has 1 N–H and O–H groups in total. The van der Waals surface area contributed by atoms with Gasteiger partial charge in [0.2, 0.25) is 0 Å². The van der Waals surface area contributed by atoms with Crippen molar-refractivity contribution in [2.75, 3.05) is 0 Å².